The lowest BCUT2D eigenvalue weighted by atomic mass is 10.2. The quantitative estimate of drug-likeness (QED) is 0.833. The Hall–Kier alpha value is -0.550. The Labute approximate surface area is 124 Å². The predicted molar refractivity (Wildman–Crippen MR) is 83.1 cm³/mol. The Morgan fingerprint density at radius 2 is 2.11 bits per heavy atom. The van der Waals surface area contributed by atoms with Gasteiger partial charge in [-0.25, -0.2) is 0 Å². The van der Waals surface area contributed by atoms with Gasteiger partial charge in [-0.15, -0.1) is 11.3 Å². The number of nitrogens with zero attached hydrogens (tertiary/aromatic N) is 1. The van der Waals surface area contributed by atoms with Gasteiger partial charge < -0.3 is 5.73 Å². The van der Waals surface area contributed by atoms with E-state index in [1.807, 2.05) is 12.1 Å². The van der Waals surface area contributed by atoms with E-state index in [9.17, 15) is 0 Å². The molecule has 0 aliphatic rings. The number of anilines is 1. The van der Waals surface area contributed by atoms with Gasteiger partial charge in [-0.2, -0.15) is 0 Å². The maximum Gasteiger partial charge on any atom is 0.0701 e. The number of benzene rings is 1. The van der Waals surface area contributed by atoms with Crippen LogP contribution in [0, 0.1) is 0 Å². The molecule has 5 heteroatoms. The third kappa shape index (κ3) is 3.72. The number of hydrogen-bond acceptors (Lipinski definition) is 3. The van der Waals surface area contributed by atoms with Gasteiger partial charge in [0.2, 0.25) is 0 Å². The summed E-state index contributed by atoms with van der Waals surface area (Å²) in [5.41, 5.74) is 8.79. The van der Waals surface area contributed by atoms with Crippen molar-refractivity contribution in [2.75, 3.05) is 12.8 Å². The fraction of sp³-hybridized carbons (Fsp3) is 0.231. The maximum atomic E-state index is 6.17. The molecule has 2 aromatic rings. The van der Waals surface area contributed by atoms with Crippen LogP contribution in [0.1, 0.15) is 11.1 Å². The van der Waals surface area contributed by atoms with Crippen LogP contribution in [0.25, 0.3) is 0 Å². The maximum absolute atomic E-state index is 6.17. The highest BCUT2D eigenvalue weighted by atomic mass is 79.9. The van der Waals surface area contributed by atoms with Gasteiger partial charge in [0, 0.05) is 23.8 Å². The van der Waals surface area contributed by atoms with Crippen LogP contribution in [0.4, 0.5) is 5.69 Å². The molecule has 0 spiro atoms. The molecule has 1 aromatic heterocycles. The molecule has 96 valence electrons. The zero-order valence-corrected chi connectivity index (χ0v) is 13.1. The van der Waals surface area contributed by atoms with Crippen molar-refractivity contribution >= 4 is 44.6 Å². The van der Waals surface area contributed by atoms with E-state index >= 15 is 0 Å². The Kier molecular flexibility index (Phi) is 4.67. The van der Waals surface area contributed by atoms with E-state index in [0.29, 0.717) is 5.69 Å². The summed E-state index contributed by atoms with van der Waals surface area (Å²) < 4.78 is 1.16. The van der Waals surface area contributed by atoms with Gasteiger partial charge in [0.1, 0.15) is 0 Å². The van der Waals surface area contributed by atoms with E-state index in [-0.39, 0.29) is 0 Å². The molecule has 0 unspecified atom stereocenters. The minimum absolute atomic E-state index is 0.702. The van der Waals surface area contributed by atoms with E-state index in [0.717, 1.165) is 27.5 Å². The molecule has 0 atom stereocenters. The molecular weight excluding hydrogens is 332 g/mol. The van der Waals surface area contributed by atoms with E-state index in [1.165, 1.54) is 5.56 Å². The summed E-state index contributed by atoms with van der Waals surface area (Å²) in [6.07, 6.45) is 0. The van der Waals surface area contributed by atoms with E-state index in [4.69, 9.17) is 17.3 Å². The second kappa shape index (κ2) is 6.06. The minimum Gasteiger partial charge on any atom is -0.399 e. The molecule has 0 bridgehead atoms. The summed E-state index contributed by atoms with van der Waals surface area (Å²) in [7, 11) is 2.08. The molecule has 2 rings (SSSR count). The number of rotatable bonds is 4. The second-order valence-corrected chi connectivity index (χ2v) is 6.98. The van der Waals surface area contributed by atoms with Crippen molar-refractivity contribution in [2.45, 2.75) is 13.1 Å². The third-order valence-corrected chi connectivity index (χ3v) is 4.50. The van der Waals surface area contributed by atoms with Crippen LogP contribution < -0.4 is 5.73 Å². The van der Waals surface area contributed by atoms with Crippen molar-refractivity contribution in [2.24, 2.45) is 0 Å². The number of hydrogen-bond donors (Lipinski definition) is 1. The highest BCUT2D eigenvalue weighted by Crippen LogP contribution is 2.23. The van der Waals surface area contributed by atoms with Crippen molar-refractivity contribution in [3.63, 3.8) is 0 Å². The first-order valence-electron chi connectivity index (χ1n) is 5.50. The summed E-state index contributed by atoms with van der Waals surface area (Å²) in [5, 5.41) is 2.89. The molecule has 0 saturated carbocycles. The average Bonchev–Trinajstić information content (AvgIpc) is 2.68. The van der Waals surface area contributed by atoms with Gasteiger partial charge >= 0.3 is 0 Å². The molecule has 0 saturated heterocycles. The molecule has 1 aromatic carbocycles. The Balaban J connectivity index is 2.00. The average molecular weight is 346 g/mol. The highest BCUT2D eigenvalue weighted by molar-refractivity contribution is 9.11. The Bertz CT molecular complexity index is 542. The lowest BCUT2D eigenvalue weighted by Gasteiger charge is -2.17. The monoisotopic (exact) mass is 344 g/mol. The molecule has 2 nitrogen and oxygen atoms in total. The van der Waals surface area contributed by atoms with Gasteiger partial charge in [0.25, 0.3) is 0 Å². The van der Waals surface area contributed by atoms with Gasteiger partial charge in [0.15, 0.2) is 0 Å². The normalized spacial score (nSPS) is 11.1. The first-order valence-corrected chi connectivity index (χ1v) is 7.55. The SMILES string of the molecule is CN(Cc1csc(Br)c1)Cc1ccc(N)cc1Cl. The lowest BCUT2D eigenvalue weighted by molar-refractivity contribution is 0.319. The van der Waals surface area contributed by atoms with Gasteiger partial charge in [-0.1, -0.05) is 17.7 Å². The van der Waals surface area contributed by atoms with Gasteiger partial charge in [-0.3, -0.25) is 4.90 Å². The largest absolute Gasteiger partial charge is 0.399 e. The van der Waals surface area contributed by atoms with Crippen LogP contribution in [0.5, 0.6) is 0 Å². The molecular formula is C13H14BrClN2S. The summed E-state index contributed by atoms with van der Waals surface area (Å²) in [5.74, 6) is 0. The molecule has 0 fully saturated rings. The Morgan fingerprint density at radius 1 is 1.33 bits per heavy atom. The Morgan fingerprint density at radius 3 is 2.72 bits per heavy atom. The fourth-order valence-corrected chi connectivity index (χ4v) is 3.23. The zero-order valence-electron chi connectivity index (χ0n) is 9.99. The van der Waals surface area contributed by atoms with Crippen LogP contribution >= 0.6 is 38.9 Å². The van der Waals surface area contributed by atoms with Crippen LogP contribution in [0.3, 0.4) is 0 Å². The molecule has 0 radical (unpaired) electrons. The standard InChI is InChI=1S/C13H14BrClN2S/c1-17(6-9-4-13(14)18-8-9)7-10-2-3-11(16)5-12(10)15/h2-5,8H,6-7,16H2,1H3. The van der Waals surface area contributed by atoms with Crippen LogP contribution in [0.15, 0.2) is 33.4 Å². The first-order chi connectivity index (χ1) is 8.54. The predicted octanol–water partition coefficient (Wildman–Crippen LogP) is 4.38. The highest BCUT2D eigenvalue weighted by Gasteiger charge is 2.06. The topological polar surface area (TPSA) is 29.3 Å². The summed E-state index contributed by atoms with van der Waals surface area (Å²) in [4.78, 5) is 2.23. The molecule has 18 heavy (non-hydrogen) atoms. The van der Waals surface area contributed by atoms with E-state index in [2.05, 4.69) is 39.3 Å². The molecule has 0 aliphatic carbocycles. The number of thiophene rings is 1. The smallest absolute Gasteiger partial charge is 0.0701 e. The number of halogens is 2. The fourth-order valence-electron chi connectivity index (χ4n) is 1.78. The molecule has 2 N–H and O–H groups in total. The number of nitrogen functional groups attached to an aromatic ring is 1. The van der Waals surface area contributed by atoms with Gasteiger partial charge in [-0.05, 0) is 57.7 Å². The van der Waals surface area contributed by atoms with E-state index in [1.54, 1.807) is 17.4 Å². The minimum atomic E-state index is 0.702. The number of nitrogens with two attached hydrogens (primary N) is 1. The molecule has 1 heterocycles. The summed E-state index contributed by atoms with van der Waals surface area (Å²) in [6.45, 7) is 1.72. The third-order valence-electron chi connectivity index (χ3n) is 2.59. The zero-order chi connectivity index (χ0) is 13.1. The second-order valence-electron chi connectivity index (χ2n) is 4.28. The first kappa shape index (κ1) is 13.9. The summed E-state index contributed by atoms with van der Waals surface area (Å²) >= 11 is 11.3. The van der Waals surface area contributed by atoms with Gasteiger partial charge in [0.05, 0.1) is 3.79 Å². The lowest BCUT2D eigenvalue weighted by Crippen LogP contribution is -2.17. The van der Waals surface area contributed by atoms with Crippen molar-refractivity contribution in [3.05, 3.63) is 49.6 Å². The van der Waals surface area contributed by atoms with Crippen LogP contribution in [-0.4, -0.2) is 11.9 Å². The van der Waals surface area contributed by atoms with Crippen LogP contribution in [-0.2, 0) is 13.1 Å². The van der Waals surface area contributed by atoms with Crippen LogP contribution in [0.2, 0.25) is 5.02 Å². The summed E-state index contributed by atoms with van der Waals surface area (Å²) in [6, 6.07) is 7.81. The van der Waals surface area contributed by atoms with Crippen molar-refractivity contribution < 1.29 is 0 Å². The van der Waals surface area contributed by atoms with Crippen molar-refractivity contribution in [3.8, 4) is 0 Å². The van der Waals surface area contributed by atoms with Crippen molar-refractivity contribution in [1.29, 1.82) is 0 Å². The van der Waals surface area contributed by atoms with Crippen molar-refractivity contribution in [1.82, 2.24) is 4.90 Å². The molecule has 0 amide bonds. The van der Waals surface area contributed by atoms with E-state index < -0.39 is 0 Å². The molecule has 0 aliphatic heterocycles.